The van der Waals surface area contributed by atoms with Gasteiger partial charge in [0.25, 0.3) is 0 Å². The summed E-state index contributed by atoms with van der Waals surface area (Å²) in [6, 6.07) is 5.23. The van der Waals surface area contributed by atoms with Crippen molar-refractivity contribution in [3.05, 3.63) is 34.3 Å². The van der Waals surface area contributed by atoms with Crippen molar-refractivity contribution < 1.29 is 9.90 Å². The molecule has 15 heavy (non-hydrogen) atoms. The minimum absolute atomic E-state index is 0.0613. The van der Waals surface area contributed by atoms with Gasteiger partial charge in [-0.2, -0.15) is 0 Å². The summed E-state index contributed by atoms with van der Waals surface area (Å²) in [5.41, 5.74) is 7.75. The highest BCUT2D eigenvalue weighted by Gasteiger charge is 2.13. The number of hydrogen-bond acceptors (Lipinski definition) is 2. The maximum atomic E-state index is 10.4. The Morgan fingerprint density at radius 3 is 2.80 bits per heavy atom. The first-order valence-electron chi connectivity index (χ1n) is 4.74. The van der Waals surface area contributed by atoms with E-state index in [0.29, 0.717) is 11.4 Å². The van der Waals surface area contributed by atoms with Crippen LogP contribution in [0, 0.1) is 6.92 Å². The molecular formula is C11H14ClNO2. The maximum Gasteiger partial charge on any atom is 0.303 e. The number of rotatable bonds is 4. The molecule has 1 atom stereocenters. The summed E-state index contributed by atoms with van der Waals surface area (Å²) in [4.78, 5) is 10.4. The molecule has 0 spiro atoms. The minimum Gasteiger partial charge on any atom is -0.481 e. The molecule has 0 radical (unpaired) electrons. The molecule has 0 saturated carbocycles. The lowest BCUT2D eigenvalue weighted by atomic mass is 9.98. The van der Waals surface area contributed by atoms with Crippen LogP contribution >= 0.6 is 11.6 Å². The number of aryl methyl sites for hydroxylation is 1. The second-order valence-corrected chi connectivity index (χ2v) is 3.92. The molecule has 4 heteroatoms. The fourth-order valence-corrected chi connectivity index (χ4v) is 1.90. The zero-order valence-electron chi connectivity index (χ0n) is 8.53. The van der Waals surface area contributed by atoms with Gasteiger partial charge in [-0.15, -0.1) is 0 Å². The highest BCUT2D eigenvalue weighted by Crippen LogP contribution is 2.27. The Morgan fingerprint density at radius 2 is 2.27 bits per heavy atom. The molecule has 0 saturated heterocycles. The van der Waals surface area contributed by atoms with Crippen LogP contribution in [0.5, 0.6) is 0 Å². The van der Waals surface area contributed by atoms with Crippen LogP contribution in [0.3, 0.4) is 0 Å². The number of halogens is 1. The number of aliphatic carboxylic acids is 1. The smallest absolute Gasteiger partial charge is 0.303 e. The molecule has 82 valence electrons. The molecule has 0 aliphatic heterocycles. The van der Waals surface area contributed by atoms with Gasteiger partial charge in [0.15, 0.2) is 0 Å². The highest BCUT2D eigenvalue weighted by molar-refractivity contribution is 6.31. The summed E-state index contributed by atoms with van der Waals surface area (Å²) >= 11 is 6.01. The van der Waals surface area contributed by atoms with Crippen LogP contribution in [-0.2, 0) is 4.79 Å². The Morgan fingerprint density at radius 1 is 1.60 bits per heavy atom. The third-order valence-corrected chi connectivity index (χ3v) is 2.64. The fourth-order valence-electron chi connectivity index (χ4n) is 1.54. The van der Waals surface area contributed by atoms with Crippen LogP contribution in [-0.4, -0.2) is 11.1 Å². The molecule has 1 unspecified atom stereocenters. The average molecular weight is 228 g/mol. The number of carboxylic acids is 1. The van der Waals surface area contributed by atoms with Gasteiger partial charge >= 0.3 is 5.97 Å². The molecular weight excluding hydrogens is 214 g/mol. The van der Waals surface area contributed by atoms with E-state index >= 15 is 0 Å². The van der Waals surface area contributed by atoms with Crippen LogP contribution in [0.2, 0.25) is 5.02 Å². The first-order valence-corrected chi connectivity index (χ1v) is 5.12. The Hall–Kier alpha value is -1.06. The second kappa shape index (κ2) is 5.14. The van der Waals surface area contributed by atoms with Gasteiger partial charge in [0.05, 0.1) is 0 Å². The standard InChI is InChI=1S/C11H14ClNO2/c1-7-3-2-4-8(12)11(7)9(13)5-6-10(14)15/h2-4,9H,5-6,13H2,1H3,(H,14,15). The van der Waals surface area contributed by atoms with Crippen molar-refractivity contribution in [2.75, 3.05) is 0 Å². The first kappa shape index (κ1) is 12.0. The van der Waals surface area contributed by atoms with E-state index in [1.165, 1.54) is 0 Å². The molecule has 0 amide bonds. The minimum atomic E-state index is -0.838. The summed E-state index contributed by atoms with van der Waals surface area (Å²) in [5, 5.41) is 9.16. The van der Waals surface area contributed by atoms with E-state index in [9.17, 15) is 4.79 Å². The topological polar surface area (TPSA) is 63.3 Å². The lowest BCUT2D eigenvalue weighted by Crippen LogP contribution is -2.14. The van der Waals surface area contributed by atoms with Crippen LogP contribution in [0.1, 0.15) is 30.0 Å². The van der Waals surface area contributed by atoms with Gasteiger partial charge in [-0.25, -0.2) is 0 Å². The van der Waals surface area contributed by atoms with Crippen LogP contribution in [0.15, 0.2) is 18.2 Å². The number of carboxylic acid groups (broad SMARTS) is 1. The van der Waals surface area contributed by atoms with E-state index in [1.807, 2.05) is 19.1 Å². The molecule has 1 aromatic carbocycles. The van der Waals surface area contributed by atoms with E-state index in [4.69, 9.17) is 22.4 Å². The van der Waals surface area contributed by atoms with Crippen molar-refractivity contribution in [3.8, 4) is 0 Å². The Kier molecular flexibility index (Phi) is 4.12. The molecule has 0 aromatic heterocycles. The number of nitrogens with two attached hydrogens (primary N) is 1. The third kappa shape index (κ3) is 3.22. The zero-order chi connectivity index (χ0) is 11.4. The lowest BCUT2D eigenvalue weighted by Gasteiger charge is -2.15. The normalized spacial score (nSPS) is 12.5. The summed E-state index contributed by atoms with van der Waals surface area (Å²) < 4.78 is 0. The van der Waals surface area contributed by atoms with Gasteiger partial charge in [-0.1, -0.05) is 23.7 Å². The molecule has 0 fully saturated rings. The Balaban J connectivity index is 2.81. The van der Waals surface area contributed by atoms with Crippen molar-refractivity contribution in [2.24, 2.45) is 5.73 Å². The van der Waals surface area contributed by atoms with Gasteiger partial charge in [-0.3, -0.25) is 4.79 Å². The van der Waals surface area contributed by atoms with Crippen molar-refractivity contribution in [2.45, 2.75) is 25.8 Å². The molecule has 0 aliphatic rings. The second-order valence-electron chi connectivity index (χ2n) is 3.51. The van der Waals surface area contributed by atoms with Gasteiger partial charge in [0, 0.05) is 17.5 Å². The molecule has 3 N–H and O–H groups in total. The van der Waals surface area contributed by atoms with Crippen molar-refractivity contribution in [1.29, 1.82) is 0 Å². The van der Waals surface area contributed by atoms with E-state index in [2.05, 4.69) is 0 Å². The molecule has 0 aliphatic carbocycles. The number of hydrogen-bond donors (Lipinski definition) is 2. The zero-order valence-corrected chi connectivity index (χ0v) is 9.29. The Bertz CT molecular complexity index is 345. The third-order valence-electron chi connectivity index (χ3n) is 2.31. The molecule has 0 heterocycles. The van der Waals surface area contributed by atoms with Gasteiger partial charge in [0.1, 0.15) is 0 Å². The summed E-state index contributed by atoms with van der Waals surface area (Å²) in [5.74, 6) is -0.838. The van der Waals surface area contributed by atoms with E-state index in [1.54, 1.807) is 6.07 Å². The number of benzene rings is 1. The highest BCUT2D eigenvalue weighted by atomic mass is 35.5. The summed E-state index contributed by atoms with van der Waals surface area (Å²) in [6.07, 6.45) is 0.464. The molecule has 1 rings (SSSR count). The van der Waals surface area contributed by atoms with E-state index in [-0.39, 0.29) is 12.5 Å². The predicted molar refractivity (Wildman–Crippen MR) is 60.0 cm³/mol. The summed E-state index contributed by atoms with van der Waals surface area (Å²) in [7, 11) is 0. The lowest BCUT2D eigenvalue weighted by molar-refractivity contribution is -0.137. The van der Waals surface area contributed by atoms with Crippen LogP contribution in [0.25, 0.3) is 0 Å². The molecule has 1 aromatic rings. The van der Waals surface area contributed by atoms with Crippen molar-refractivity contribution >= 4 is 17.6 Å². The van der Waals surface area contributed by atoms with Gasteiger partial charge in [-0.05, 0) is 30.5 Å². The molecule has 0 bridgehead atoms. The fraction of sp³-hybridized carbons (Fsp3) is 0.364. The van der Waals surface area contributed by atoms with Crippen molar-refractivity contribution in [3.63, 3.8) is 0 Å². The quantitative estimate of drug-likeness (QED) is 0.831. The SMILES string of the molecule is Cc1cccc(Cl)c1C(N)CCC(=O)O. The van der Waals surface area contributed by atoms with E-state index < -0.39 is 5.97 Å². The largest absolute Gasteiger partial charge is 0.481 e. The average Bonchev–Trinajstić information content (AvgIpc) is 2.14. The Labute approximate surface area is 93.9 Å². The predicted octanol–water partition coefficient (Wildman–Crippen LogP) is 2.51. The monoisotopic (exact) mass is 227 g/mol. The summed E-state index contributed by atoms with van der Waals surface area (Å²) in [6.45, 7) is 1.92. The molecule has 3 nitrogen and oxygen atoms in total. The van der Waals surface area contributed by atoms with Gasteiger partial charge in [0.2, 0.25) is 0 Å². The van der Waals surface area contributed by atoms with Crippen LogP contribution < -0.4 is 5.73 Å². The van der Waals surface area contributed by atoms with Crippen LogP contribution in [0.4, 0.5) is 0 Å². The number of carbonyl (C=O) groups is 1. The first-order chi connectivity index (χ1) is 7.02. The maximum absolute atomic E-state index is 10.4. The van der Waals surface area contributed by atoms with Gasteiger partial charge < -0.3 is 10.8 Å². The van der Waals surface area contributed by atoms with Crippen molar-refractivity contribution in [1.82, 2.24) is 0 Å². The van der Waals surface area contributed by atoms with E-state index in [0.717, 1.165) is 11.1 Å².